The summed E-state index contributed by atoms with van der Waals surface area (Å²) in [5.74, 6) is 0.757. The van der Waals surface area contributed by atoms with Gasteiger partial charge in [-0.15, -0.1) is 0 Å². The summed E-state index contributed by atoms with van der Waals surface area (Å²) in [6.07, 6.45) is 1.79. The van der Waals surface area contributed by atoms with Crippen LogP contribution in [0.5, 0.6) is 11.5 Å². The minimum Gasteiger partial charge on any atom is -0.490 e. The minimum absolute atomic E-state index is 0.0235. The first-order chi connectivity index (χ1) is 18.0. The van der Waals surface area contributed by atoms with Crippen molar-refractivity contribution >= 4 is 34.8 Å². The SMILES string of the molecule is CCCN(CCC)C(=O)c1cccc(NC(=S)NC(=O)c2ccccc2OCCOc2ccccc2)c1. The number of thiocarbonyl (C=S) groups is 1. The molecule has 194 valence electrons. The summed E-state index contributed by atoms with van der Waals surface area (Å²) in [6.45, 7) is 6.13. The smallest absolute Gasteiger partial charge is 0.261 e. The summed E-state index contributed by atoms with van der Waals surface area (Å²) >= 11 is 5.36. The Balaban J connectivity index is 1.57. The number of benzene rings is 3. The van der Waals surface area contributed by atoms with Crippen LogP contribution in [-0.2, 0) is 0 Å². The van der Waals surface area contributed by atoms with Crippen molar-refractivity contribution < 1.29 is 19.1 Å². The number of amides is 2. The maximum absolute atomic E-state index is 12.9. The lowest BCUT2D eigenvalue weighted by Gasteiger charge is -2.22. The van der Waals surface area contributed by atoms with Gasteiger partial charge in [0.25, 0.3) is 11.8 Å². The Morgan fingerprint density at radius 3 is 2.24 bits per heavy atom. The summed E-state index contributed by atoms with van der Waals surface area (Å²) in [7, 11) is 0. The summed E-state index contributed by atoms with van der Waals surface area (Å²) in [5, 5.41) is 5.81. The van der Waals surface area contributed by atoms with E-state index in [1.54, 1.807) is 48.5 Å². The monoisotopic (exact) mass is 519 g/mol. The zero-order chi connectivity index (χ0) is 26.5. The van der Waals surface area contributed by atoms with Gasteiger partial charge in [0.2, 0.25) is 0 Å². The van der Waals surface area contributed by atoms with E-state index in [0.717, 1.165) is 18.6 Å². The van der Waals surface area contributed by atoms with E-state index in [0.29, 0.717) is 42.3 Å². The molecule has 0 fully saturated rings. The third-order valence-electron chi connectivity index (χ3n) is 5.35. The predicted molar refractivity (Wildman–Crippen MR) is 150 cm³/mol. The van der Waals surface area contributed by atoms with Crippen molar-refractivity contribution in [2.75, 3.05) is 31.6 Å². The number of nitrogens with zero attached hydrogens (tertiary/aromatic N) is 1. The number of rotatable bonds is 12. The van der Waals surface area contributed by atoms with Gasteiger partial charge < -0.3 is 19.7 Å². The van der Waals surface area contributed by atoms with Crippen molar-refractivity contribution in [3.05, 3.63) is 90.0 Å². The van der Waals surface area contributed by atoms with Crippen molar-refractivity contribution in [1.29, 1.82) is 0 Å². The third kappa shape index (κ3) is 8.61. The van der Waals surface area contributed by atoms with Crippen LogP contribution in [0.4, 0.5) is 5.69 Å². The van der Waals surface area contributed by atoms with Crippen LogP contribution in [0, 0.1) is 0 Å². The van der Waals surface area contributed by atoms with Gasteiger partial charge in [0.15, 0.2) is 5.11 Å². The Hall–Kier alpha value is -3.91. The first-order valence-electron chi connectivity index (χ1n) is 12.4. The van der Waals surface area contributed by atoms with Crippen LogP contribution in [0.15, 0.2) is 78.9 Å². The lowest BCUT2D eigenvalue weighted by molar-refractivity contribution is 0.0755. The molecule has 0 saturated carbocycles. The highest BCUT2D eigenvalue weighted by atomic mass is 32.1. The molecule has 0 atom stereocenters. The van der Waals surface area contributed by atoms with E-state index in [9.17, 15) is 9.59 Å². The normalized spacial score (nSPS) is 10.3. The number of hydrogen-bond acceptors (Lipinski definition) is 5. The molecule has 8 heteroatoms. The molecule has 3 aromatic rings. The van der Waals surface area contributed by atoms with Gasteiger partial charge in [-0.2, -0.15) is 0 Å². The molecule has 0 aliphatic carbocycles. The van der Waals surface area contributed by atoms with Crippen molar-refractivity contribution in [3.8, 4) is 11.5 Å². The fourth-order valence-electron chi connectivity index (χ4n) is 3.71. The zero-order valence-corrected chi connectivity index (χ0v) is 22.1. The Kier molecular flexibility index (Phi) is 10.9. The molecule has 0 radical (unpaired) electrons. The van der Waals surface area contributed by atoms with E-state index in [1.165, 1.54) is 0 Å². The Labute approximate surface area is 223 Å². The standard InChI is InChI=1S/C29H33N3O4S/c1-3-17-32(18-4-2)28(34)22-11-10-12-23(21-22)30-29(37)31-27(33)25-15-8-9-16-26(25)36-20-19-35-24-13-6-5-7-14-24/h5-16,21H,3-4,17-20H2,1-2H3,(H2,30,31,33,37). The van der Waals surface area contributed by atoms with Crippen LogP contribution in [-0.4, -0.2) is 48.1 Å². The summed E-state index contributed by atoms with van der Waals surface area (Å²) in [4.78, 5) is 27.7. The molecule has 37 heavy (non-hydrogen) atoms. The molecule has 0 heterocycles. The highest BCUT2D eigenvalue weighted by Gasteiger charge is 2.16. The van der Waals surface area contributed by atoms with Gasteiger partial charge >= 0.3 is 0 Å². The fraction of sp³-hybridized carbons (Fsp3) is 0.276. The lowest BCUT2D eigenvalue weighted by Crippen LogP contribution is -2.34. The first-order valence-corrected chi connectivity index (χ1v) is 12.8. The Morgan fingerprint density at radius 1 is 0.838 bits per heavy atom. The summed E-state index contributed by atoms with van der Waals surface area (Å²) < 4.78 is 11.4. The third-order valence-corrected chi connectivity index (χ3v) is 5.56. The second kappa shape index (κ2) is 14.6. The second-order valence-corrected chi connectivity index (χ2v) is 8.70. The molecular formula is C29H33N3O4S. The van der Waals surface area contributed by atoms with Gasteiger partial charge in [0, 0.05) is 24.3 Å². The van der Waals surface area contributed by atoms with E-state index >= 15 is 0 Å². The maximum Gasteiger partial charge on any atom is 0.261 e. The largest absolute Gasteiger partial charge is 0.490 e. The number of para-hydroxylation sites is 2. The average molecular weight is 520 g/mol. The van der Waals surface area contributed by atoms with Gasteiger partial charge in [-0.05, 0) is 67.5 Å². The molecule has 2 amide bonds. The van der Waals surface area contributed by atoms with Crippen molar-refractivity contribution in [3.63, 3.8) is 0 Å². The molecule has 0 saturated heterocycles. The van der Waals surface area contributed by atoms with Crippen LogP contribution < -0.4 is 20.1 Å². The Morgan fingerprint density at radius 2 is 1.51 bits per heavy atom. The maximum atomic E-state index is 12.9. The Bertz CT molecular complexity index is 1180. The molecule has 0 aliphatic rings. The second-order valence-electron chi connectivity index (χ2n) is 8.29. The zero-order valence-electron chi connectivity index (χ0n) is 21.2. The fourth-order valence-corrected chi connectivity index (χ4v) is 3.92. The summed E-state index contributed by atoms with van der Waals surface area (Å²) in [6, 6.07) is 23.5. The molecule has 0 aromatic heterocycles. The topological polar surface area (TPSA) is 79.9 Å². The molecule has 0 aliphatic heterocycles. The number of hydrogen-bond donors (Lipinski definition) is 2. The molecule has 3 aromatic carbocycles. The van der Waals surface area contributed by atoms with Crippen LogP contribution in [0.2, 0.25) is 0 Å². The predicted octanol–water partition coefficient (Wildman–Crippen LogP) is 5.53. The lowest BCUT2D eigenvalue weighted by atomic mass is 10.1. The van der Waals surface area contributed by atoms with E-state index in [1.807, 2.05) is 35.2 Å². The molecule has 2 N–H and O–H groups in total. The highest BCUT2D eigenvalue weighted by Crippen LogP contribution is 2.19. The quantitative estimate of drug-likeness (QED) is 0.242. The molecule has 7 nitrogen and oxygen atoms in total. The van der Waals surface area contributed by atoms with Crippen molar-refractivity contribution in [2.24, 2.45) is 0 Å². The van der Waals surface area contributed by atoms with Crippen LogP contribution in [0.25, 0.3) is 0 Å². The minimum atomic E-state index is -0.402. The molecular weight excluding hydrogens is 486 g/mol. The van der Waals surface area contributed by atoms with Crippen LogP contribution >= 0.6 is 12.2 Å². The highest BCUT2D eigenvalue weighted by molar-refractivity contribution is 7.80. The average Bonchev–Trinajstić information content (AvgIpc) is 2.91. The van der Waals surface area contributed by atoms with Crippen molar-refractivity contribution in [2.45, 2.75) is 26.7 Å². The number of anilines is 1. The molecule has 3 rings (SSSR count). The molecule has 0 unspecified atom stereocenters. The van der Waals surface area contributed by atoms with Gasteiger partial charge in [-0.25, -0.2) is 0 Å². The summed E-state index contributed by atoms with van der Waals surface area (Å²) in [5.41, 5.74) is 1.54. The van der Waals surface area contributed by atoms with E-state index in [-0.39, 0.29) is 17.6 Å². The number of nitrogens with one attached hydrogen (secondary N) is 2. The number of carbonyl (C=O) groups excluding carboxylic acids is 2. The van der Waals surface area contributed by atoms with Gasteiger partial charge in [-0.3, -0.25) is 14.9 Å². The van der Waals surface area contributed by atoms with E-state index in [4.69, 9.17) is 21.7 Å². The van der Waals surface area contributed by atoms with E-state index < -0.39 is 5.91 Å². The number of ether oxygens (including phenoxy) is 2. The van der Waals surface area contributed by atoms with Crippen LogP contribution in [0.3, 0.4) is 0 Å². The van der Waals surface area contributed by atoms with Gasteiger partial charge in [0.05, 0.1) is 5.56 Å². The molecule has 0 spiro atoms. The molecule has 0 bridgehead atoms. The van der Waals surface area contributed by atoms with E-state index in [2.05, 4.69) is 24.5 Å². The van der Waals surface area contributed by atoms with Crippen molar-refractivity contribution in [1.82, 2.24) is 10.2 Å². The number of carbonyl (C=O) groups is 2. The van der Waals surface area contributed by atoms with Crippen LogP contribution in [0.1, 0.15) is 47.4 Å². The first kappa shape index (κ1) is 27.7. The van der Waals surface area contributed by atoms with Gasteiger partial charge in [-0.1, -0.05) is 50.2 Å². The van der Waals surface area contributed by atoms with Gasteiger partial charge in [0.1, 0.15) is 24.7 Å².